The van der Waals surface area contributed by atoms with Gasteiger partial charge in [-0.25, -0.2) is 4.98 Å². The lowest BCUT2D eigenvalue weighted by atomic mass is 10.0. The third-order valence-electron chi connectivity index (χ3n) is 3.77. The van der Waals surface area contributed by atoms with Crippen molar-refractivity contribution in [1.29, 1.82) is 0 Å². The molecule has 1 fully saturated rings. The fraction of sp³-hybridized carbons (Fsp3) is 0.467. The maximum Gasteiger partial charge on any atom is 0.202 e. The number of piperidine rings is 1. The van der Waals surface area contributed by atoms with E-state index in [1.54, 1.807) is 6.07 Å². The summed E-state index contributed by atoms with van der Waals surface area (Å²) in [7, 11) is 0. The highest BCUT2D eigenvalue weighted by Crippen LogP contribution is 2.23. The number of aryl methyl sites for hydroxylation is 1. The van der Waals surface area contributed by atoms with Gasteiger partial charge < -0.3 is 5.32 Å². The molecule has 0 unspecified atom stereocenters. The van der Waals surface area contributed by atoms with Crippen molar-refractivity contribution in [2.45, 2.75) is 32.4 Å². The van der Waals surface area contributed by atoms with Crippen LogP contribution in [0.25, 0.3) is 0 Å². The number of benzene rings is 1. The van der Waals surface area contributed by atoms with E-state index in [0.29, 0.717) is 16.1 Å². The SMILES string of the molecule is Cc1nsc(NC2CCN(Cc3cc(Cl)cc(Cl)c3)CC2)n1. The first-order valence-corrected chi connectivity index (χ1v) is 8.85. The molecule has 1 aromatic heterocycles. The molecule has 1 N–H and O–H groups in total. The lowest BCUT2D eigenvalue weighted by Gasteiger charge is -2.32. The van der Waals surface area contributed by atoms with Gasteiger partial charge >= 0.3 is 0 Å². The predicted octanol–water partition coefficient (Wildman–Crippen LogP) is 4.23. The molecule has 0 saturated carbocycles. The summed E-state index contributed by atoms with van der Waals surface area (Å²) in [6.07, 6.45) is 2.21. The molecule has 0 amide bonds. The van der Waals surface area contributed by atoms with E-state index in [9.17, 15) is 0 Å². The van der Waals surface area contributed by atoms with Crippen LogP contribution in [0.5, 0.6) is 0 Å². The van der Waals surface area contributed by atoms with Crippen LogP contribution in [0.4, 0.5) is 5.13 Å². The summed E-state index contributed by atoms with van der Waals surface area (Å²) in [6.45, 7) is 4.92. The first-order valence-electron chi connectivity index (χ1n) is 7.32. The van der Waals surface area contributed by atoms with Crippen LogP contribution in [0, 0.1) is 6.92 Å². The van der Waals surface area contributed by atoms with Gasteiger partial charge in [0.25, 0.3) is 0 Å². The monoisotopic (exact) mass is 356 g/mol. The van der Waals surface area contributed by atoms with Crippen molar-refractivity contribution in [1.82, 2.24) is 14.3 Å². The molecule has 1 aromatic carbocycles. The number of halogens is 2. The number of nitrogens with one attached hydrogen (secondary N) is 1. The average Bonchev–Trinajstić information content (AvgIpc) is 2.85. The van der Waals surface area contributed by atoms with Gasteiger partial charge in [0.1, 0.15) is 5.82 Å². The molecular formula is C15H18Cl2N4S. The molecule has 1 aliphatic heterocycles. The fourth-order valence-corrected chi connectivity index (χ4v) is 3.95. The Bertz CT molecular complexity index is 618. The lowest BCUT2D eigenvalue weighted by molar-refractivity contribution is 0.211. The molecule has 2 heterocycles. The van der Waals surface area contributed by atoms with Crippen molar-refractivity contribution in [2.24, 2.45) is 0 Å². The molecule has 2 aromatic rings. The molecule has 0 spiro atoms. The summed E-state index contributed by atoms with van der Waals surface area (Å²) in [5, 5.41) is 5.81. The average molecular weight is 357 g/mol. The Balaban J connectivity index is 1.51. The van der Waals surface area contributed by atoms with Crippen LogP contribution >= 0.6 is 34.7 Å². The molecule has 1 saturated heterocycles. The smallest absolute Gasteiger partial charge is 0.202 e. The van der Waals surface area contributed by atoms with Crippen LogP contribution in [0.2, 0.25) is 10.0 Å². The van der Waals surface area contributed by atoms with Crippen LogP contribution in [-0.4, -0.2) is 33.4 Å². The van der Waals surface area contributed by atoms with Gasteiger partial charge in [0.15, 0.2) is 0 Å². The lowest BCUT2D eigenvalue weighted by Crippen LogP contribution is -2.38. The van der Waals surface area contributed by atoms with Crippen LogP contribution < -0.4 is 5.32 Å². The zero-order valence-corrected chi connectivity index (χ0v) is 14.7. The maximum absolute atomic E-state index is 6.06. The Morgan fingerprint density at radius 1 is 1.23 bits per heavy atom. The van der Waals surface area contributed by atoms with Crippen molar-refractivity contribution >= 4 is 39.9 Å². The quantitative estimate of drug-likeness (QED) is 0.889. The number of hydrogen-bond acceptors (Lipinski definition) is 5. The van der Waals surface area contributed by atoms with E-state index in [4.69, 9.17) is 23.2 Å². The van der Waals surface area contributed by atoms with Crippen LogP contribution in [0.15, 0.2) is 18.2 Å². The van der Waals surface area contributed by atoms with Crippen molar-refractivity contribution in [3.05, 3.63) is 39.6 Å². The summed E-state index contributed by atoms with van der Waals surface area (Å²) in [5.41, 5.74) is 1.17. The van der Waals surface area contributed by atoms with E-state index >= 15 is 0 Å². The van der Waals surface area contributed by atoms with Gasteiger partial charge in [-0.2, -0.15) is 4.37 Å². The highest BCUT2D eigenvalue weighted by atomic mass is 35.5. The minimum absolute atomic E-state index is 0.478. The van der Waals surface area contributed by atoms with E-state index < -0.39 is 0 Å². The Kier molecular flexibility index (Phi) is 5.18. The number of rotatable bonds is 4. The second-order valence-electron chi connectivity index (χ2n) is 5.62. The Hall–Kier alpha value is -0.880. The Morgan fingerprint density at radius 2 is 1.91 bits per heavy atom. The van der Waals surface area contributed by atoms with Gasteiger partial charge in [-0.15, -0.1) is 0 Å². The third kappa shape index (κ3) is 4.32. The van der Waals surface area contributed by atoms with Crippen molar-refractivity contribution in [3.8, 4) is 0 Å². The molecule has 0 atom stereocenters. The van der Waals surface area contributed by atoms with Crippen LogP contribution in [-0.2, 0) is 6.54 Å². The number of nitrogens with zero attached hydrogens (tertiary/aromatic N) is 3. The van der Waals surface area contributed by atoms with E-state index in [1.807, 2.05) is 19.1 Å². The molecule has 1 aliphatic rings. The molecule has 7 heteroatoms. The summed E-state index contributed by atoms with van der Waals surface area (Å²) in [4.78, 5) is 6.80. The molecule has 0 aliphatic carbocycles. The van der Waals surface area contributed by atoms with Gasteiger partial charge in [-0.1, -0.05) is 23.2 Å². The topological polar surface area (TPSA) is 41.1 Å². The van der Waals surface area contributed by atoms with E-state index in [1.165, 1.54) is 17.1 Å². The summed E-state index contributed by atoms with van der Waals surface area (Å²) in [5.74, 6) is 0.836. The Labute approximate surface area is 144 Å². The molecule has 0 radical (unpaired) electrons. The second-order valence-corrected chi connectivity index (χ2v) is 7.24. The number of hydrogen-bond donors (Lipinski definition) is 1. The van der Waals surface area contributed by atoms with Crippen molar-refractivity contribution in [3.63, 3.8) is 0 Å². The second kappa shape index (κ2) is 7.13. The maximum atomic E-state index is 6.06. The number of anilines is 1. The van der Waals surface area contributed by atoms with E-state index in [-0.39, 0.29) is 0 Å². The standard InChI is InChI=1S/C15H18Cl2N4S/c1-10-18-15(22-20-10)19-14-2-4-21(5-3-14)9-11-6-12(16)8-13(17)7-11/h6-8,14H,2-5,9H2,1H3,(H,18,19,20). The summed E-state index contributed by atoms with van der Waals surface area (Å²) >= 11 is 13.6. The van der Waals surface area contributed by atoms with Gasteiger partial charge in [0.2, 0.25) is 5.13 Å². The third-order valence-corrected chi connectivity index (χ3v) is 4.95. The molecular weight excluding hydrogens is 339 g/mol. The highest BCUT2D eigenvalue weighted by molar-refractivity contribution is 7.09. The molecule has 118 valence electrons. The summed E-state index contributed by atoms with van der Waals surface area (Å²) < 4.78 is 4.20. The van der Waals surface area contributed by atoms with Gasteiger partial charge in [-0.3, -0.25) is 4.90 Å². The van der Waals surface area contributed by atoms with Crippen molar-refractivity contribution in [2.75, 3.05) is 18.4 Å². The van der Waals surface area contributed by atoms with Crippen molar-refractivity contribution < 1.29 is 0 Å². The number of likely N-dealkylation sites (tertiary alicyclic amines) is 1. The zero-order chi connectivity index (χ0) is 15.5. The van der Waals surface area contributed by atoms with Gasteiger partial charge in [-0.05, 0) is 43.5 Å². The summed E-state index contributed by atoms with van der Waals surface area (Å²) in [6, 6.07) is 6.22. The van der Waals surface area contributed by atoms with Gasteiger partial charge in [0.05, 0.1) is 0 Å². The first-order chi connectivity index (χ1) is 10.6. The normalized spacial score (nSPS) is 16.9. The van der Waals surface area contributed by atoms with Gasteiger partial charge in [0, 0.05) is 47.3 Å². The largest absolute Gasteiger partial charge is 0.357 e. The Morgan fingerprint density at radius 3 is 2.50 bits per heavy atom. The fourth-order valence-electron chi connectivity index (χ4n) is 2.73. The van der Waals surface area contributed by atoms with E-state index in [0.717, 1.165) is 43.4 Å². The highest BCUT2D eigenvalue weighted by Gasteiger charge is 2.20. The number of aromatic nitrogens is 2. The zero-order valence-electron chi connectivity index (χ0n) is 12.4. The first kappa shape index (κ1) is 16.0. The van der Waals surface area contributed by atoms with E-state index in [2.05, 4.69) is 19.6 Å². The molecule has 22 heavy (non-hydrogen) atoms. The van der Waals surface area contributed by atoms with Crippen LogP contribution in [0.3, 0.4) is 0 Å². The molecule has 4 nitrogen and oxygen atoms in total. The minimum Gasteiger partial charge on any atom is -0.357 e. The molecule has 0 bridgehead atoms. The predicted molar refractivity (Wildman–Crippen MR) is 93.0 cm³/mol. The molecule has 3 rings (SSSR count). The van der Waals surface area contributed by atoms with Crippen LogP contribution in [0.1, 0.15) is 24.2 Å². The minimum atomic E-state index is 0.478.